The highest BCUT2D eigenvalue weighted by Gasteiger charge is 2.11. The molecule has 0 radical (unpaired) electrons. The average molecular weight is 356 g/mol. The number of carbonyl (C=O) groups excluding carboxylic acids is 1. The van der Waals surface area contributed by atoms with Crippen molar-refractivity contribution >= 4 is 23.1 Å². The van der Waals surface area contributed by atoms with E-state index < -0.39 is 17.5 Å². The van der Waals surface area contributed by atoms with E-state index in [0.29, 0.717) is 11.6 Å². The van der Waals surface area contributed by atoms with E-state index >= 15 is 0 Å². The van der Waals surface area contributed by atoms with Gasteiger partial charge in [0.15, 0.2) is 11.6 Å². The maximum atomic E-state index is 13.2. The highest BCUT2D eigenvalue weighted by Crippen LogP contribution is 2.20. The van der Waals surface area contributed by atoms with Crippen molar-refractivity contribution < 1.29 is 18.3 Å². The van der Waals surface area contributed by atoms with Crippen LogP contribution in [0.3, 0.4) is 0 Å². The van der Waals surface area contributed by atoms with Gasteiger partial charge in [0.05, 0.1) is 7.11 Å². The molecule has 132 valence electrons. The number of anilines is 3. The summed E-state index contributed by atoms with van der Waals surface area (Å²) in [6, 6.07) is 11.7. The lowest BCUT2D eigenvalue weighted by atomic mass is 10.2. The van der Waals surface area contributed by atoms with Crippen molar-refractivity contribution in [3.8, 4) is 5.75 Å². The van der Waals surface area contributed by atoms with Gasteiger partial charge < -0.3 is 15.4 Å². The molecule has 1 heterocycles. The molecule has 0 saturated heterocycles. The number of carbonyl (C=O) groups is 1. The molecule has 1 aromatic heterocycles. The van der Waals surface area contributed by atoms with Crippen LogP contribution in [0.25, 0.3) is 0 Å². The van der Waals surface area contributed by atoms with Crippen LogP contribution in [0.15, 0.2) is 54.9 Å². The number of amides is 1. The van der Waals surface area contributed by atoms with E-state index in [0.717, 1.165) is 17.8 Å². The van der Waals surface area contributed by atoms with Crippen LogP contribution in [0.4, 0.5) is 26.0 Å². The Bertz CT molecular complexity index is 950. The third-order valence-electron chi connectivity index (χ3n) is 3.42. The Morgan fingerprint density at radius 3 is 2.62 bits per heavy atom. The SMILES string of the molecule is COc1cccc(Nc2cc(C(=O)Nc3ccc(F)c(F)c3)ncn2)c1. The highest BCUT2D eigenvalue weighted by molar-refractivity contribution is 6.03. The van der Waals surface area contributed by atoms with Crippen molar-refractivity contribution in [1.29, 1.82) is 0 Å². The third kappa shape index (κ3) is 4.10. The summed E-state index contributed by atoms with van der Waals surface area (Å²) < 4.78 is 31.3. The van der Waals surface area contributed by atoms with Crippen molar-refractivity contribution in [3.63, 3.8) is 0 Å². The van der Waals surface area contributed by atoms with E-state index in [1.165, 1.54) is 18.5 Å². The third-order valence-corrected chi connectivity index (χ3v) is 3.42. The van der Waals surface area contributed by atoms with Gasteiger partial charge in [0, 0.05) is 29.6 Å². The van der Waals surface area contributed by atoms with Crippen LogP contribution >= 0.6 is 0 Å². The standard InChI is InChI=1S/C18H14F2N4O2/c1-26-13-4-2-3-11(7-13)23-17-9-16(21-10-22-17)18(25)24-12-5-6-14(19)15(20)8-12/h2-10H,1H3,(H,24,25)(H,21,22,23). The number of nitrogens with one attached hydrogen (secondary N) is 2. The Hall–Kier alpha value is -3.55. The van der Waals surface area contributed by atoms with Gasteiger partial charge in [-0.25, -0.2) is 18.7 Å². The molecule has 0 aliphatic carbocycles. The number of methoxy groups -OCH3 is 1. The first kappa shape index (κ1) is 17.3. The first-order valence-electron chi connectivity index (χ1n) is 7.54. The summed E-state index contributed by atoms with van der Waals surface area (Å²) in [7, 11) is 1.56. The first-order chi connectivity index (χ1) is 12.5. The molecular formula is C18H14F2N4O2. The summed E-state index contributed by atoms with van der Waals surface area (Å²) in [6.07, 6.45) is 1.22. The number of ether oxygens (including phenoxy) is 1. The summed E-state index contributed by atoms with van der Waals surface area (Å²) in [5.74, 6) is -1.56. The maximum Gasteiger partial charge on any atom is 0.274 e. The zero-order valence-corrected chi connectivity index (χ0v) is 13.7. The summed E-state index contributed by atoms with van der Waals surface area (Å²) >= 11 is 0. The molecule has 26 heavy (non-hydrogen) atoms. The molecule has 6 nitrogen and oxygen atoms in total. The van der Waals surface area contributed by atoms with Gasteiger partial charge in [-0.1, -0.05) is 6.07 Å². The molecule has 8 heteroatoms. The van der Waals surface area contributed by atoms with Crippen molar-refractivity contribution in [2.45, 2.75) is 0 Å². The maximum absolute atomic E-state index is 13.2. The van der Waals surface area contributed by atoms with E-state index in [1.54, 1.807) is 25.3 Å². The van der Waals surface area contributed by atoms with E-state index in [-0.39, 0.29) is 11.4 Å². The van der Waals surface area contributed by atoms with Crippen LogP contribution in [-0.4, -0.2) is 23.0 Å². The fourth-order valence-electron chi connectivity index (χ4n) is 2.17. The number of benzene rings is 2. The normalized spacial score (nSPS) is 10.3. The van der Waals surface area contributed by atoms with E-state index in [1.807, 2.05) is 6.07 Å². The molecule has 2 N–H and O–H groups in total. The minimum Gasteiger partial charge on any atom is -0.497 e. The van der Waals surface area contributed by atoms with Crippen LogP contribution < -0.4 is 15.4 Å². The molecule has 0 saturated carbocycles. The van der Waals surface area contributed by atoms with Gasteiger partial charge in [-0.05, 0) is 24.3 Å². The van der Waals surface area contributed by atoms with Crippen LogP contribution in [0.2, 0.25) is 0 Å². The average Bonchev–Trinajstić information content (AvgIpc) is 2.65. The molecule has 1 amide bonds. The van der Waals surface area contributed by atoms with Crippen molar-refractivity contribution in [1.82, 2.24) is 9.97 Å². The molecule has 0 fully saturated rings. The Balaban J connectivity index is 1.75. The zero-order valence-electron chi connectivity index (χ0n) is 13.7. The summed E-state index contributed by atoms with van der Waals surface area (Å²) in [5, 5.41) is 5.49. The fraction of sp³-hybridized carbons (Fsp3) is 0.0556. The molecule has 0 atom stereocenters. The van der Waals surface area contributed by atoms with Crippen LogP contribution in [-0.2, 0) is 0 Å². The molecule has 3 rings (SSSR count). The summed E-state index contributed by atoms with van der Waals surface area (Å²) in [4.78, 5) is 20.2. The van der Waals surface area contributed by atoms with Gasteiger partial charge in [0.1, 0.15) is 23.6 Å². The molecule has 2 aromatic carbocycles. The number of rotatable bonds is 5. The lowest BCUT2D eigenvalue weighted by Gasteiger charge is -2.09. The fourth-order valence-corrected chi connectivity index (χ4v) is 2.17. The largest absolute Gasteiger partial charge is 0.497 e. The quantitative estimate of drug-likeness (QED) is 0.728. The molecule has 0 aliphatic rings. The number of aromatic nitrogens is 2. The van der Waals surface area contributed by atoms with E-state index in [4.69, 9.17) is 4.74 Å². The highest BCUT2D eigenvalue weighted by atomic mass is 19.2. The monoisotopic (exact) mass is 356 g/mol. The Labute approximate surface area is 147 Å². The second-order valence-electron chi connectivity index (χ2n) is 5.23. The van der Waals surface area contributed by atoms with Gasteiger partial charge >= 0.3 is 0 Å². The van der Waals surface area contributed by atoms with Crippen molar-refractivity contribution in [3.05, 3.63) is 72.2 Å². The lowest BCUT2D eigenvalue weighted by molar-refractivity contribution is 0.102. The number of hydrogen-bond donors (Lipinski definition) is 2. The molecule has 0 bridgehead atoms. The molecule has 3 aromatic rings. The summed E-state index contributed by atoms with van der Waals surface area (Å²) in [6.45, 7) is 0. The van der Waals surface area contributed by atoms with E-state index in [9.17, 15) is 13.6 Å². The van der Waals surface area contributed by atoms with E-state index in [2.05, 4.69) is 20.6 Å². The van der Waals surface area contributed by atoms with Gasteiger partial charge in [-0.2, -0.15) is 0 Å². The Kier molecular flexibility index (Phi) is 5.02. The number of hydrogen-bond acceptors (Lipinski definition) is 5. The predicted molar refractivity (Wildman–Crippen MR) is 92.6 cm³/mol. The predicted octanol–water partition coefficient (Wildman–Crippen LogP) is 3.76. The number of halogens is 2. The topological polar surface area (TPSA) is 76.1 Å². The Morgan fingerprint density at radius 2 is 1.85 bits per heavy atom. The van der Waals surface area contributed by atoms with Crippen LogP contribution in [0.1, 0.15) is 10.5 Å². The minimum atomic E-state index is -1.05. The van der Waals surface area contributed by atoms with Crippen LogP contribution in [0.5, 0.6) is 5.75 Å². The minimum absolute atomic E-state index is 0.0649. The second-order valence-corrected chi connectivity index (χ2v) is 5.23. The molecule has 0 unspecified atom stereocenters. The first-order valence-corrected chi connectivity index (χ1v) is 7.54. The second kappa shape index (κ2) is 7.56. The number of nitrogens with zero attached hydrogens (tertiary/aromatic N) is 2. The smallest absolute Gasteiger partial charge is 0.274 e. The van der Waals surface area contributed by atoms with Gasteiger partial charge in [-0.15, -0.1) is 0 Å². The Morgan fingerprint density at radius 1 is 1.00 bits per heavy atom. The van der Waals surface area contributed by atoms with Crippen molar-refractivity contribution in [2.75, 3.05) is 17.7 Å². The molecule has 0 aliphatic heterocycles. The van der Waals surface area contributed by atoms with Crippen molar-refractivity contribution in [2.24, 2.45) is 0 Å². The van der Waals surface area contributed by atoms with Gasteiger partial charge in [0.2, 0.25) is 0 Å². The zero-order chi connectivity index (χ0) is 18.5. The van der Waals surface area contributed by atoms with Crippen LogP contribution in [0, 0.1) is 11.6 Å². The van der Waals surface area contributed by atoms with Gasteiger partial charge in [0.25, 0.3) is 5.91 Å². The molecular weight excluding hydrogens is 342 g/mol. The lowest BCUT2D eigenvalue weighted by Crippen LogP contribution is -2.14. The molecule has 0 spiro atoms. The summed E-state index contributed by atoms with van der Waals surface area (Å²) in [5.41, 5.74) is 0.903. The van der Waals surface area contributed by atoms with Gasteiger partial charge in [-0.3, -0.25) is 4.79 Å².